The lowest BCUT2D eigenvalue weighted by Gasteiger charge is -2.11. The van der Waals surface area contributed by atoms with Gasteiger partial charge in [0.1, 0.15) is 5.75 Å². The number of sulfonamides is 1. The number of amides is 2. The number of nitrogens with one attached hydrogen (secondary N) is 2. The first-order chi connectivity index (χ1) is 9.24. The number of primary sulfonamides is 1. The van der Waals surface area contributed by atoms with Gasteiger partial charge in [-0.2, -0.15) is 0 Å². The molecular weight excluding hydrogens is 286 g/mol. The summed E-state index contributed by atoms with van der Waals surface area (Å²) in [5, 5.41) is 9.75. The van der Waals surface area contributed by atoms with Crippen molar-refractivity contribution >= 4 is 27.5 Å². The Balaban J connectivity index is 2.97. The van der Waals surface area contributed by atoms with Crippen molar-refractivity contribution in [3.63, 3.8) is 0 Å². The zero-order valence-corrected chi connectivity index (χ0v) is 11.8. The van der Waals surface area contributed by atoms with E-state index in [9.17, 15) is 18.0 Å². The van der Waals surface area contributed by atoms with Crippen LogP contribution in [0.4, 0.5) is 5.69 Å². The number of hydrogen-bond donors (Lipinski definition) is 3. The summed E-state index contributed by atoms with van der Waals surface area (Å²) in [6.45, 7) is 1.04. The molecule has 0 unspecified atom stereocenters. The highest BCUT2D eigenvalue weighted by Gasteiger charge is 2.14. The Labute approximate surface area is 116 Å². The van der Waals surface area contributed by atoms with Crippen molar-refractivity contribution < 1.29 is 22.7 Å². The van der Waals surface area contributed by atoms with Crippen LogP contribution in [-0.2, 0) is 19.6 Å². The molecule has 4 N–H and O–H groups in total. The predicted molar refractivity (Wildman–Crippen MR) is 71.7 cm³/mol. The van der Waals surface area contributed by atoms with Gasteiger partial charge in [0.2, 0.25) is 21.8 Å². The Morgan fingerprint density at radius 2 is 2.00 bits per heavy atom. The quantitative estimate of drug-likeness (QED) is 0.670. The van der Waals surface area contributed by atoms with E-state index in [0.717, 1.165) is 0 Å². The maximum absolute atomic E-state index is 11.6. The van der Waals surface area contributed by atoms with Gasteiger partial charge in [-0.3, -0.25) is 9.59 Å². The summed E-state index contributed by atoms with van der Waals surface area (Å²) in [5.41, 5.74) is 0.148. The maximum Gasteiger partial charge on any atom is 0.243 e. The molecule has 0 saturated carbocycles. The Morgan fingerprint density at radius 1 is 1.35 bits per heavy atom. The molecule has 0 radical (unpaired) electrons. The minimum absolute atomic E-state index is 0.148. The highest BCUT2D eigenvalue weighted by molar-refractivity contribution is 7.89. The van der Waals surface area contributed by atoms with Gasteiger partial charge < -0.3 is 15.4 Å². The molecule has 0 atom stereocenters. The highest BCUT2D eigenvalue weighted by atomic mass is 32.2. The Kier molecular flexibility index (Phi) is 5.06. The van der Waals surface area contributed by atoms with Crippen molar-refractivity contribution in [1.82, 2.24) is 5.32 Å². The molecule has 1 rings (SSSR count). The monoisotopic (exact) mass is 301 g/mol. The van der Waals surface area contributed by atoms with E-state index in [2.05, 4.69) is 10.6 Å². The Hall–Kier alpha value is -2.13. The van der Waals surface area contributed by atoms with Crippen LogP contribution in [0.5, 0.6) is 5.75 Å². The lowest BCUT2D eigenvalue weighted by Crippen LogP contribution is -2.31. The molecule has 110 valence electrons. The second kappa shape index (κ2) is 6.35. The van der Waals surface area contributed by atoms with E-state index in [-0.39, 0.29) is 28.8 Å². The van der Waals surface area contributed by atoms with E-state index >= 15 is 0 Å². The molecule has 0 spiro atoms. The Bertz CT molecular complexity index is 627. The first kappa shape index (κ1) is 15.9. The number of carbonyl (C=O) groups is 2. The van der Waals surface area contributed by atoms with Crippen molar-refractivity contribution in [3.8, 4) is 5.75 Å². The standard InChI is InChI=1S/C11H15N3O5S/c1-7(15)13-6-11(16)14-9-5-8(20(12,17)18)3-4-10(9)19-2/h3-5H,6H2,1-2H3,(H,13,15)(H,14,16)(H2,12,17,18). The largest absolute Gasteiger partial charge is 0.495 e. The molecule has 0 aliphatic carbocycles. The van der Waals surface area contributed by atoms with Crippen LogP contribution in [-0.4, -0.2) is 33.9 Å². The molecule has 9 heteroatoms. The van der Waals surface area contributed by atoms with E-state index in [4.69, 9.17) is 9.88 Å². The summed E-state index contributed by atoms with van der Waals surface area (Å²) in [5.74, 6) is -0.607. The molecule has 0 aliphatic rings. The molecule has 0 aliphatic heterocycles. The maximum atomic E-state index is 11.6. The minimum atomic E-state index is -3.89. The van der Waals surface area contributed by atoms with Crippen molar-refractivity contribution in [3.05, 3.63) is 18.2 Å². The third kappa shape index (κ3) is 4.52. The third-order valence-electron chi connectivity index (χ3n) is 2.27. The van der Waals surface area contributed by atoms with Crippen molar-refractivity contribution in [2.24, 2.45) is 5.14 Å². The summed E-state index contributed by atoms with van der Waals surface area (Å²) in [4.78, 5) is 22.1. The number of carbonyl (C=O) groups excluding carboxylic acids is 2. The van der Waals surface area contributed by atoms with Gasteiger partial charge in [0.25, 0.3) is 0 Å². The summed E-state index contributed by atoms with van der Waals surface area (Å²) in [7, 11) is -2.52. The smallest absolute Gasteiger partial charge is 0.243 e. The van der Waals surface area contributed by atoms with Gasteiger partial charge in [0, 0.05) is 6.92 Å². The average Bonchev–Trinajstić information content (AvgIpc) is 2.35. The Morgan fingerprint density at radius 3 is 2.50 bits per heavy atom. The summed E-state index contributed by atoms with van der Waals surface area (Å²) < 4.78 is 27.5. The van der Waals surface area contributed by atoms with Crippen LogP contribution >= 0.6 is 0 Å². The molecule has 0 bridgehead atoms. The minimum Gasteiger partial charge on any atom is -0.495 e. The normalized spacial score (nSPS) is 10.8. The van der Waals surface area contributed by atoms with Crippen LogP contribution in [0.25, 0.3) is 0 Å². The number of rotatable bonds is 5. The molecule has 0 saturated heterocycles. The number of nitrogens with two attached hydrogens (primary N) is 1. The molecule has 2 amide bonds. The topological polar surface area (TPSA) is 128 Å². The van der Waals surface area contributed by atoms with Gasteiger partial charge >= 0.3 is 0 Å². The molecule has 0 fully saturated rings. The molecule has 0 aromatic heterocycles. The van der Waals surface area contributed by atoms with Crippen molar-refractivity contribution in [1.29, 1.82) is 0 Å². The van der Waals surface area contributed by atoms with Crippen molar-refractivity contribution in [2.75, 3.05) is 19.0 Å². The number of ether oxygens (including phenoxy) is 1. The second-order valence-corrected chi connectivity index (χ2v) is 5.43. The SMILES string of the molecule is COc1ccc(S(N)(=O)=O)cc1NC(=O)CNC(C)=O. The number of benzene rings is 1. The number of hydrogen-bond acceptors (Lipinski definition) is 5. The fourth-order valence-corrected chi connectivity index (χ4v) is 1.90. The van der Waals surface area contributed by atoms with Gasteiger partial charge in [-0.05, 0) is 18.2 Å². The van der Waals surface area contributed by atoms with Gasteiger partial charge in [-0.25, -0.2) is 13.6 Å². The van der Waals surface area contributed by atoms with E-state index in [1.54, 1.807) is 0 Å². The van der Waals surface area contributed by atoms with E-state index < -0.39 is 15.9 Å². The molecule has 8 nitrogen and oxygen atoms in total. The predicted octanol–water partition coefficient (Wildman–Crippen LogP) is -0.583. The van der Waals surface area contributed by atoms with Gasteiger partial charge in [0.05, 0.1) is 24.2 Å². The molecular formula is C11H15N3O5S. The second-order valence-electron chi connectivity index (χ2n) is 3.87. The van der Waals surface area contributed by atoms with Crippen LogP contribution in [0.15, 0.2) is 23.1 Å². The highest BCUT2D eigenvalue weighted by Crippen LogP contribution is 2.26. The van der Waals surface area contributed by atoms with Gasteiger partial charge in [-0.15, -0.1) is 0 Å². The zero-order chi connectivity index (χ0) is 15.3. The fraction of sp³-hybridized carbons (Fsp3) is 0.273. The van der Waals surface area contributed by atoms with E-state index in [1.807, 2.05) is 0 Å². The lowest BCUT2D eigenvalue weighted by molar-refractivity contribution is -0.122. The molecule has 0 heterocycles. The average molecular weight is 301 g/mol. The summed E-state index contributed by atoms with van der Waals surface area (Å²) in [6.07, 6.45) is 0. The molecule has 1 aromatic rings. The van der Waals surface area contributed by atoms with Crippen LogP contribution in [0.3, 0.4) is 0 Å². The van der Waals surface area contributed by atoms with Crippen LogP contribution in [0.1, 0.15) is 6.92 Å². The first-order valence-electron chi connectivity index (χ1n) is 5.49. The van der Waals surface area contributed by atoms with Gasteiger partial charge in [-0.1, -0.05) is 0 Å². The summed E-state index contributed by atoms with van der Waals surface area (Å²) in [6, 6.07) is 3.81. The van der Waals surface area contributed by atoms with Crippen LogP contribution < -0.4 is 20.5 Å². The molecule has 20 heavy (non-hydrogen) atoms. The third-order valence-corrected chi connectivity index (χ3v) is 3.18. The zero-order valence-electron chi connectivity index (χ0n) is 11.0. The van der Waals surface area contributed by atoms with Gasteiger partial charge in [0.15, 0.2) is 0 Å². The molecule has 1 aromatic carbocycles. The number of anilines is 1. The summed E-state index contributed by atoms with van der Waals surface area (Å²) >= 11 is 0. The first-order valence-corrected chi connectivity index (χ1v) is 7.04. The fourth-order valence-electron chi connectivity index (χ4n) is 1.36. The van der Waals surface area contributed by atoms with Crippen molar-refractivity contribution in [2.45, 2.75) is 11.8 Å². The number of methoxy groups -OCH3 is 1. The van der Waals surface area contributed by atoms with E-state index in [0.29, 0.717) is 0 Å². The lowest BCUT2D eigenvalue weighted by atomic mass is 10.3. The van der Waals surface area contributed by atoms with Crippen LogP contribution in [0.2, 0.25) is 0 Å². The van der Waals surface area contributed by atoms with Crippen LogP contribution in [0, 0.1) is 0 Å². The van der Waals surface area contributed by atoms with E-state index in [1.165, 1.54) is 32.2 Å².